The summed E-state index contributed by atoms with van der Waals surface area (Å²) in [5.41, 5.74) is 0.0809. The molecule has 0 radical (unpaired) electrons. The van der Waals surface area contributed by atoms with Crippen LogP contribution in [0.3, 0.4) is 0 Å². The van der Waals surface area contributed by atoms with Gasteiger partial charge in [0.15, 0.2) is 0 Å². The van der Waals surface area contributed by atoms with Crippen molar-refractivity contribution in [3.05, 3.63) is 0 Å². The molecule has 0 aromatic heterocycles. The summed E-state index contributed by atoms with van der Waals surface area (Å²) >= 11 is 0. The highest BCUT2D eigenvalue weighted by atomic mass is 16.6. The van der Waals surface area contributed by atoms with Crippen LogP contribution in [0.25, 0.3) is 0 Å². The lowest BCUT2D eigenvalue weighted by Crippen LogP contribution is -2.43. The van der Waals surface area contributed by atoms with Gasteiger partial charge in [-0.15, -0.1) is 0 Å². The van der Waals surface area contributed by atoms with E-state index < -0.39 is 5.60 Å². The lowest BCUT2D eigenvalue weighted by atomic mass is 9.85. The van der Waals surface area contributed by atoms with Crippen LogP contribution < -0.4 is 5.32 Å². The van der Waals surface area contributed by atoms with Crippen molar-refractivity contribution in [3.63, 3.8) is 0 Å². The minimum absolute atomic E-state index is 0.149. The van der Waals surface area contributed by atoms with Gasteiger partial charge in [0, 0.05) is 25.2 Å². The molecule has 1 unspecified atom stereocenters. The molecule has 23 heavy (non-hydrogen) atoms. The molecule has 4 heteroatoms. The summed E-state index contributed by atoms with van der Waals surface area (Å²) in [6, 6.07) is 1.01. The van der Waals surface area contributed by atoms with E-state index >= 15 is 0 Å². The van der Waals surface area contributed by atoms with Gasteiger partial charge < -0.3 is 15.0 Å². The molecule has 2 rings (SSSR count). The Bertz CT molecular complexity index is 397. The third-order valence-electron chi connectivity index (χ3n) is 4.98. The highest BCUT2D eigenvalue weighted by Gasteiger charge is 2.35. The normalized spacial score (nSPS) is 24.8. The highest BCUT2D eigenvalue weighted by Crippen LogP contribution is 2.33. The maximum absolute atomic E-state index is 12.3. The van der Waals surface area contributed by atoms with E-state index in [0.717, 1.165) is 25.9 Å². The van der Waals surface area contributed by atoms with Crippen molar-refractivity contribution in [2.24, 2.45) is 5.41 Å². The monoisotopic (exact) mass is 324 g/mol. The first-order valence-electron chi connectivity index (χ1n) is 9.39. The molecule has 1 atom stereocenters. The Labute approximate surface area is 142 Å². The van der Waals surface area contributed by atoms with Crippen LogP contribution in [-0.4, -0.2) is 41.8 Å². The average molecular weight is 325 g/mol. The smallest absolute Gasteiger partial charge is 0.410 e. The predicted octanol–water partition coefficient (Wildman–Crippen LogP) is 4.33. The number of rotatable bonds is 5. The number of hydrogen-bond donors (Lipinski definition) is 1. The molecule has 0 aliphatic heterocycles. The van der Waals surface area contributed by atoms with Gasteiger partial charge in [-0.2, -0.15) is 0 Å². The molecule has 2 aliphatic rings. The van der Waals surface area contributed by atoms with Crippen molar-refractivity contribution in [1.29, 1.82) is 0 Å². The molecular weight excluding hydrogens is 288 g/mol. The molecular formula is C19H36N2O2. The molecule has 4 nitrogen and oxygen atoms in total. The molecule has 0 spiro atoms. The van der Waals surface area contributed by atoms with E-state index in [1.165, 1.54) is 32.1 Å². The Morgan fingerprint density at radius 2 is 1.87 bits per heavy atom. The number of amides is 1. The van der Waals surface area contributed by atoms with Gasteiger partial charge in [0.2, 0.25) is 0 Å². The number of carbonyl (C=O) groups is 1. The second-order valence-corrected chi connectivity index (χ2v) is 9.15. The molecule has 0 heterocycles. The second kappa shape index (κ2) is 7.42. The Kier molecular flexibility index (Phi) is 5.99. The number of carbonyl (C=O) groups excluding carboxylic acids is 1. The molecule has 0 saturated heterocycles. The van der Waals surface area contributed by atoms with E-state index in [4.69, 9.17) is 4.74 Å². The predicted molar refractivity (Wildman–Crippen MR) is 94.6 cm³/mol. The summed E-state index contributed by atoms with van der Waals surface area (Å²) in [6.45, 7) is 12.2. The zero-order chi connectivity index (χ0) is 17.1. The standard InChI is InChI=1S/C19H36N2O2/c1-18(2,3)23-17(22)21(16-8-9-16)14-13-20-15-7-6-11-19(4,5)12-10-15/h15-16,20H,6-14H2,1-5H3. The maximum atomic E-state index is 12.3. The van der Waals surface area contributed by atoms with E-state index in [2.05, 4.69) is 19.2 Å². The maximum Gasteiger partial charge on any atom is 0.410 e. The third-order valence-corrected chi connectivity index (χ3v) is 4.98. The molecule has 2 saturated carbocycles. The van der Waals surface area contributed by atoms with E-state index in [1.54, 1.807) is 0 Å². The van der Waals surface area contributed by atoms with Crippen LogP contribution >= 0.6 is 0 Å². The van der Waals surface area contributed by atoms with Gasteiger partial charge in [-0.3, -0.25) is 0 Å². The topological polar surface area (TPSA) is 41.6 Å². The van der Waals surface area contributed by atoms with Crippen molar-refractivity contribution < 1.29 is 9.53 Å². The van der Waals surface area contributed by atoms with Gasteiger partial charge in [-0.1, -0.05) is 20.3 Å². The van der Waals surface area contributed by atoms with Gasteiger partial charge in [0.25, 0.3) is 0 Å². The Morgan fingerprint density at radius 3 is 2.48 bits per heavy atom. The second-order valence-electron chi connectivity index (χ2n) is 9.15. The Morgan fingerprint density at radius 1 is 1.17 bits per heavy atom. The molecule has 0 aromatic rings. The van der Waals surface area contributed by atoms with Crippen LogP contribution in [0.5, 0.6) is 0 Å². The number of hydrogen-bond acceptors (Lipinski definition) is 3. The Balaban J connectivity index is 1.75. The van der Waals surface area contributed by atoms with E-state index in [0.29, 0.717) is 17.5 Å². The molecule has 1 N–H and O–H groups in total. The van der Waals surface area contributed by atoms with Crippen molar-refractivity contribution in [2.45, 2.75) is 97.2 Å². The minimum atomic E-state index is -0.412. The summed E-state index contributed by atoms with van der Waals surface area (Å²) in [5.74, 6) is 0. The largest absolute Gasteiger partial charge is 0.444 e. The van der Waals surface area contributed by atoms with Crippen LogP contribution in [0.2, 0.25) is 0 Å². The van der Waals surface area contributed by atoms with E-state index in [9.17, 15) is 4.79 Å². The van der Waals surface area contributed by atoms with Crippen LogP contribution in [-0.2, 0) is 4.74 Å². The van der Waals surface area contributed by atoms with Crippen LogP contribution in [0.1, 0.15) is 79.6 Å². The molecule has 0 bridgehead atoms. The lowest BCUT2D eigenvalue weighted by Gasteiger charge is -2.28. The van der Waals surface area contributed by atoms with E-state index in [-0.39, 0.29) is 6.09 Å². The zero-order valence-electron chi connectivity index (χ0n) is 15.8. The van der Waals surface area contributed by atoms with Crippen LogP contribution in [0.15, 0.2) is 0 Å². The van der Waals surface area contributed by atoms with E-state index in [1.807, 2.05) is 25.7 Å². The third kappa shape index (κ3) is 6.70. The van der Waals surface area contributed by atoms with Crippen molar-refractivity contribution in [2.75, 3.05) is 13.1 Å². The number of ether oxygens (including phenoxy) is 1. The summed E-state index contributed by atoms with van der Waals surface area (Å²) in [4.78, 5) is 14.3. The van der Waals surface area contributed by atoms with Crippen LogP contribution in [0, 0.1) is 5.41 Å². The van der Waals surface area contributed by atoms with Gasteiger partial charge in [-0.05, 0) is 64.7 Å². The average Bonchev–Trinajstić information content (AvgIpc) is 3.21. The SMILES string of the molecule is CC1(C)CCCC(NCCN(C(=O)OC(C)(C)C)C2CC2)CC1. The van der Waals surface area contributed by atoms with Gasteiger partial charge >= 0.3 is 6.09 Å². The summed E-state index contributed by atoms with van der Waals surface area (Å²) < 4.78 is 5.55. The Hall–Kier alpha value is -0.770. The fraction of sp³-hybridized carbons (Fsp3) is 0.947. The first kappa shape index (κ1) is 18.6. The number of nitrogens with zero attached hydrogens (tertiary/aromatic N) is 1. The summed E-state index contributed by atoms with van der Waals surface area (Å²) in [6.07, 6.45) is 8.54. The summed E-state index contributed by atoms with van der Waals surface area (Å²) in [5, 5.41) is 3.68. The number of nitrogens with one attached hydrogen (secondary N) is 1. The first-order chi connectivity index (χ1) is 10.7. The van der Waals surface area contributed by atoms with Crippen LogP contribution in [0.4, 0.5) is 4.79 Å². The van der Waals surface area contributed by atoms with Crippen molar-refractivity contribution >= 4 is 6.09 Å². The zero-order valence-corrected chi connectivity index (χ0v) is 15.8. The van der Waals surface area contributed by atoms with Gasteiger partial charge in [0.1, 0.15) is 5.60 Å². The van der Waals surface area contributed by atoms with Gasteiger partial charge in [0.05, 0.1) is 0 Å². The molecule has 134 valence electrons. The molecule has 2 aliphatic carbocycles. The highest BCUT2D eigenvalue weighted by molar-refractivity contribution is 5.69. The lowest BCUT2D eigenvalue weighted by molar-refractivity contribution is 0.0234. The van der Waals surface area contributed by atoms with Crippen molar-refractivity contribution in [1.82, 2.24) is 10.2 Å². The quantitative estimate of drug-likeness (QED) is 0.765. The molecule has 2 fully saturated rings. The van der Waals surface area contributed by atoms with Gasteiger partial charge in [-0.25, -0.2) is 4.79 Å². The first-order valence-corrected chi connectivity index (χ1v) is 9.39. The minimum Gasteiger partial charge on any atom is -0.444 e. The van der Waals surface area contributed by atoms with Crippen molar-refractivity contribution in [3.8, 4) is 0 Å². The fourth-order valence-corrected chi connectivity index (χ4v) is 3.38. The molecule has 1 amide bonds. The molecule has 0 aromatic carbocycles. The fourth-order valence-electron chi connectivity index (χ4n) is 3.38. The summed E-state index contributed by atoms with van der Waals surface area (Å²) in [7, 11) is 0.